The fraction of sp³-hybridized carbons (Fsp3) is 0.348. The molecule has 0 radical (unpaired) electrons. The first kappa shape index (κ1) is 26.2. The number of rotatable bonds is 10. The smallest absolute Gasteiger partial charge is 0.262 e. The molecule has 0 saturated carbocycles. The molecule has 32 heavy (non-hydrogen) atoms. The summed E-state index contributed by atoms with van der Waals surface area (Å²) in [6.45, 7) is 6.34. The molecule has 0 aliphatic heterocycles. The second-order valence-electron chi connectivity index (χ2n) is 7.44. The maximum absolute atomic E-state index is 12.7. The van der Waals surface area contributed by atoms with Crippen LogP contribution in [0, 0.1) is 5.92 Å². The van der Waals surface area contributed by atoms with E-state index in [-0.39, 0.29) is 16.5 Å². The van der Waals surface area contributed by atoms with Gasteiger partial charge in [0.15, 0.2) is 0 Å². The molecule has 0 aliphatic rings. The molecule has 2 amide bonds. The van der Waals surface area contributed by atoms with Crippen molar-refractivity contribution in [1.29, 1.82) is 0 Å². The maximum Gasteiger partial charge on any atom is 0.262 e. The quantitative estimate of drug-likeness (QED) is 0.225. The van der Waals surface area contributed by atoms with Crippen molar-refractivity contribution in [3.63, 3.8) is 0 Å². The number of benzene rings is 2. The Morgan fingerprint density at radius 3 is 2.59 bits per heavy atom. The van der Waals surface area contributed by atoms with Gasteiger partial charge in [0.1, 0.15) is 11.8 Å². The number of halogens is 3. The van der Waals surface area contributed by atoms with E-state index in [4.69, 9.17) is 27.9 Å². The summed E-state index contributed by atoms with van der Waals surface area (Å²) in [6.07, 6.45) is 3.48. The summed E-state index contributed by atoms with van der Waals surface area (Å²) < 4.78 is 6.65. The maximum atomic E-state index is 12.7. The Kier molecular flexibility index (Phi) is 10.5. The highest BCUT2D eigenvalue weighted by Crippen LogP contribution is 2.23. The predicted octanol–water partition coefficient (Wildman–Crippen LogP) is 5.84. The van der Waals surface area contributed by atoms with Crippen molar-refractivity contribution < 1.29 is 14.3 Å². The molecule has 2 rings (SSSR count). The molecule has 2 N–H and O–H groups in total. The Morgan fingerprint density at radius 2 is 1.94 bits per heavy atom. The second kappa shape index (κ2) is 12.8. The first-order valence-electron chi connectivity index (χ1n) is 10.2. The highest BCUT2D eigenvalue weighted by molar-refractivity contribution is 9.10. The van der Waals surface area contributed by atoms with Crippen molar-refractivity contribution in [3.8, 4) is 5.75 Å². The SMILES string of the molecule is CCCCOc1ccc(Br)cc1/C=N/NC(=O)C(NC(=O)c1ccc(Cl)cc1Cl)C(C)C. The Balaban J connectivity index is 2.08. The van der Waals surface area contributed by atoms with Gasteiger partial charge in [-0.05, 0) is 48.7 Å². The minimum Gasteiger partial charge on any atom is -0.493 e. The number of carbonyl (C=O) groups is 2. The van der Waals surface area contributed by atoms with Gasteiger partial charge in [-0.1, -0.05) is 66.3 Å². The van der Waals surface area contributed by atoms with Crippen molar-refractivity contribution in [2.75, 3.05) is 6.61 Å². The summed E-state index contributed by atoms with van der Waals surface area (Å²) in [6, 6.07) is 9.32. The molecule has 0 aliphatic carbocycles. The lowest BCUT2D eigenvalue weighted by Crippen LogP contribution is -2.48. The van der Waals surface area contributed by atoms with Gasteiger partial charge < -0.3 is 10.1 Å². The molecule has 0 aromatic heterocycles. The van der Waals surface area contributed by atoms with E-state index in [1.807, 2.05) is 32.0 Å². The lowest BCUT2D eigenvalue weighted by atomic mass is 10.0. The summed E-state index contributed by atoms with van der Waals surface area (Å²) in [5.41, 5.74) is 3.45. The van der Waals surface area contributed by atoms with E-state index >= 15 is 0 Å². The number of hydrazone groups is 1. The predicted molar refractivity (Wildman–Crippen MR) is 133 cm³/mol. The molecule has 0 spiro atoms. The Labute approximate surface area is 206 Å². The van der Waals surface area contributed by atoms with Gasteiger partial charge in [0.05, 0.1) is 23.4 Å². The Morgan fingerprint density at radius 1 is 1.19 bits per heavy atom. The molecule has 1 atom stereocenters. The number of carbonyl (C=O) groups excluding carboxylic acids is 2. The van der Waals surface area contributed by atoms with Crippen molar-refractivity contribution in [1.82, 2.24) is 10.7 Å². The second-order valence-corrected chi connectivity index (χ2v) is 9.20. The van der Waals surface area contributed by atoms with Gasteiger partial charge in [0.2, 0.25) is 0 Å². The Hall–Kier alpha value is -2.09. The lowest BCUT2D eigenvalue weighted by molar-refractivity contribution is -0.123. The van der Waals surface area contributed by atoms with E-state index < -0.39 is 17.9 Å². The third-order valence-electron chi connectivity index (χ3n) is 4.52. The van der Waals surface area contributed by atoms with Crippen molar-refractivity contribution >= 4 is 57.2 Å². The largest absolute Gasteiger partial charge is 0.493 e. The number of ether oxygens (including phenoxy) is 1. The first-order chi connectivity index (χ1) is 15.2. The average Bonchev–Trinajstić information content (AvgIpc) is 2.73. The van der Waals surface area contributed by atoms with Crippen LogP contribution >= 0.6 is 39.1 Å². The summed E-state index contributed by atoms with van der Waals surface area (Å²) in [5.74, 6) is -0.425. The molecule has 0 bridgehead atoms. The van der Waals surface area contributed by atoms with E-state index in [1.165, 1.54) is 18.3 Å². The van der Waals surface area contributed by atoms with E-state index in [1.54, 1.807) is 6.07 Å². The third-order valence-corrected chi connectivity index (χ3v) is 5.56. The summed E-state index contributed by atoms with van der Waals surface area (Å²) in [5, 5.41) is 7.41. The zero-order chi connectivity index (χ0) is 23.7. The van der Waals surface area contributed by atoms with Crippen molar-refractivity contribution in [3.05, 3.63) is 62.0 Å². The van der Waals surface area contributed by atoms with Crippen molar-refractivity contribution in [2.45, 2.75) is 39.7 Å². The molecule has 2 aromatic rings. The number of nitrogens with one attached hydrogen (secondary N) is 2. The van der Waals surface area contributed by atoms with Crippen molar-refractivity contribution in [2.24, 2.45) is 11.0 Å². The highest BCUT2D eigenvalue weighted by Gasteiger charge is 2.25. The van der Waals surface area contributed by atoms with E-state index in [2.05, 4.69) is 38.7 Å². The fourth-order valence-corrected chi connectivity index (χ4v) is 3.61. The topological polar surface area (TPSA) is 79.8 Å². The van der Waals surface area contributed by atoms with E-state index in [0.717, 1.165) is 17.3 Å². The minimum atomic E-state index is -0.811. The van der Waals surface area contributed by atoms with Crippen LogP contribution in [0.15, 0.2) is 46.0 Å². The van der Waals surface area contributed by atoms with Gasteiger partial charge in [0.25, 0.3) is 11.8 Å². The molecule has 0 fully saturated rings. The molecule has 0 saturated heterocycles. The minimum absolute atomic E-state index is 0.181. The van der Waals surface area contributed by atoms with Crippen LogP contribution in [-0.4, -0.2) is 30.7 Å². The normalized spacial score (nSPS) is 12.1. The fourth-order valence-electron chi connectivity index (χ4n) is 2.74. The van der Waals surface area contributed by atoms with Crippen LogP contribution in [0.4, 0.5) is 0 Å². The molecule has 6 nitrogen and oxygen atoms in total. The van der Waals surface area contributed by atoms with Crippen LogP contribution in [-0.2, 0) is 4.79 Å². The Bertz CT molecular complexity index is 983. The monoisotopic (exact) mass is 541 g/mol. The molecular formula is C23H26BrCl2N3O3. The van der Waals surface area contributed by atoms with Gasteiger partial charge in [-0.2, -0.15) is 5.10 Å². The van der Waals surface area contributed by atoms with Gasteiger partial charge in [-0.15, -0.1) is 0 Å². The van der Waals surface area contributed by atoms with Crippen LogP contribution in [0.3, 0.4) is 0 Å². The van der Waals surface area contributed by atoms with Crippen LogP contribution in [0.1, 0.15) is 49.5 Å². The molecule has 0 heterocycles. The summed E-state index contributed by atoms with van der Waals surface area (Å²) in [7, 11) is 0. The summed E-state index contributed by atoms with van der Waals surface area (Å²) in [4.78, 5) is 25.3. The van der Waals surface area contributed by atoms with Gasteiger partial charge in [-0.3, -0.25) is 9.59 Å². The number of nitrogens with zero attached hydrogens (tertiary/aromatic N) is 1. The van der Waals surface area contributed by atoms with Gasteiger partial charge in [-0.25, -0.2) is 5.43 Å². The third kappa shape index (κ3) is 7.80. The van der Waals surface area contributed by atoms with Crippen LogP contribution in [0.5, 0.6) is 5.75 Å². The molecule has 9 heteroatoms. The van der Waals surface area contributed by atoms with E-state index in [9.17, 15) is 9.59 Å². The number of unbranched alkanes of at least 4 members (excludes halogenated alkanes) is 1. The van der Waals surface area contributed by atoms with E-state index in [0.29, 0.717) is 22.9 Å². The van der Waals surface area contributed by atoms with Crippen LogP contribution in [0.2, 0.25) is 10.0 Å². The van der Waals surface area contributed by atoms with Gasteiger partial charge >= 0.3 is 0 Å². The van der Waals surface area contributed by atoms with Gasteiger partial charge in [0, 0.05) is 15.1 Å². The standard InChI is InChI=1S/C23H26BrCl2N3O3/c1-4-5-10-32-20-9-6-16(24)11-15(20)13-27-29-23(31)21(14(2)3)28-22(30)18-8-7-17(25)12-19(18)26/h6-9,11-14,21H,4-5,10H2,1-3H3,(H,28,30)(H,29,31)/b27-13+. The molecule has 2 aromatic carbocycles. The number of hydrogen-bond acceptors (Lipinski definition) is 4. The lowest BCUT2D eigenvalue weighted by Gasteiger charge is -2.20. The average molecular weight is 543 g/mol. The molecule has 172 valence electrons. The number of hydrogen-bond donors (Lipinski definition) is 2. The number of amides is 2. The first-order valence-corrected chi connectivity index (χ1v) is 11.8. The summed E-state index contributed by atoms with van der Waals surface area (Å²) >= 11 is 15.4. The van der Waals surface area contributed by atoms with Crippen LogP contribution < -0.4 is 15.5 Å². The highest BCUT2D eigenvalue weighted by atomic mass is 79.9. The van der Waals surface area contributed by atoms with Crippen LogP contribution in [0.25, 0.3) is 0 Å². The zero-order valence-corrected chi connectivity index (χ0v) is 21.2. The molecular weight excluding hydrogens is 517 g/mol. The zero-order valence-electron chi connectivity index (χ0n) is 18.1. The molecule has 1 unspecified atom stereocenters.